The average Bonchev–Trinajstić information content (AvgIpc) is 2.50. The van der Waals surface area contributed by atoms with Gasteiger partial charge in [0.15, 0.2) is 11.5 Å². The summed E-state index contributed by atoms with van der Waals surface area (Å²) in [7, 11) is 3.19. The lowest BCUT2D eigenvalue weighted by Gasteiger charge is -2.21. The van der Waals surface area contributed by atoms with Crippen LogP contribution in [0.3, 0.4) is 0 Å². The Hall–Kier alpha value is -2.31. The second kappa shape index (κ2) is 6.43. The molecule has 1 heterocycles. The van der Waals surface area contributed by atoms with Gasteiger partial charge in [-0.25, -0.2) is 10.4 Å². The lowest BCUT2D eigenvalue weighted by Crippen LogP contribution is -2.30. The summed E-state index contributed by atoms with van der Waals surface area (Å²) < 4.78 is 10.6. The molecule has 112 valence electrons. The Morgan fingerprint density at radius 1 is 1.14 bits per heavy atom. The first-order chi connectivity index (χ1) is 10.1. The fraction of sp³-hybridized carbons (Fsp3) is 0.267. The number of rotatable bonds is 5. The minimum absolute atomic E-state index is 0.279. The van der Waals surface area contributed by atoms with Crippen LogP contribution in [0.1, 0.15) is 22.7 Å². The van der Waals surface area contributed by atoms with Gasteiger partial charge in [0.1, 0.15) is 5.82 Å². The molecule has 6 nitrogen and oxygen atoms in total. The van der Waals surface area contributed by atoms with E-state index in [0.29, 0.717) is 17.3 Å². The Morgan fingerprint density at radius 2 is 1.86 bits per heavy atom. The van der Waals surface area contributed by atoms with E-state index in [1.165, 1.54) is 0 Å². The van der Waals surface area contributed by atoms with Crippen molar-refractivity contribution in [1.29, 1.82) is 0 Å². The minimum Gasteiger partial charge on any atom is -0.493 e. The number of pyridine rings is 1. The van der Waals surface area contributed by atoms with Gasteiger partial charge in [-0.15, -0.1) is 0 Å². The first-order valence-electron chi connectivity index (χ1n) is 6.51. The Balaban J connectivity index is 2.51. The molecule has 1 unspecified atom stereocenters. The van der Waals surface area contributed by atoms with Crippen LogP contribution in [0.5, 0.6) is 11.5 Å². The lowest BCUT2D eigenvalue weighted by atomic mass is 9.96. The largest absolute Gasteiger partial charge is 0.493 e. The predicted molar refractivity (Wildman–Crippen MR) is 82.1 cm³/mol. The van der Waals surface area contributed by atoms with Crippen molar-refractivity contribution < 1.29 is 9.47 Å². The number of aromatic nitrogens is 1. The SMILES string of the molecule is COc1ccc(C(NN)c2c(C)ccnc2N)cc1OC. The molecule has 21 heavy (non-hydrogen) atoms. The van der Waals surface area contributed by atoms with E-state index in [-0.39, 0.29) is 6.04 Å². The normalized spacial score (nSPS) is 12.0. The number of nitrogens with zero attached hydrogens (tertiary/aromatic N) is 1. The summed E-state index contributed by atoms with van der Waals surface area (Å²) in [5.41, 5.74) is 11.6. The number of nitrogens with one attached hydrogen (secondary N) is 1. The third kappa shape index (κ3) is 2.91. The maximum absolute atomic E-state index is 6.00. The van der Waals surface area contributed by atoms with Crippen LogP contribution in [-0.2, 0) is 0 Å². The molecule has 0 radical (unpaired) electrons. The molecule has 6 heteroatoms. The van der Waals surface area contributed by atoms with E-state index in [1.54, 1.807) is 20.4 Å². The number of nitrogens with two attached hydrogens (primary N) is 2. The van der Waals surface area contributed by atoms with Gasteiger partial charge in [0.2, 0.25) is 0 Å². The number of hydrazine groups is 1. The summed E-state index contributed by atoms with van der Waals surface area (Å²) >= 11 is 0. The highest BCUT2D eigenvalue weighted by Gasteiger charge is 2.19. The maximum atomic E-state index is 6.00. The number of benzene rings is 1. The van der Waals surface area contributed by atoms with Crippen LogP contribution in [0.25, 0.3) is 0 Å². The van der Waals surface area contributed by atoms with Crippen molar-refractivity contribution >= 4 is 5.82 Å². The number of nitrogen functional groups attached to an aromatic ring is 1. The molecule has 2 rings (SSSR count). The molecule has 0 spiro atoms. The molecular weight excluding hydrogens is 268 g/mol. The minimum atomic E-state index is -0.279. The van der Waals surface area contributed by atoms with Crippen LogP contribution in [0.15, 0.2) is 30.5 Å². The van der Waals surface area contributed by atoms with Gasteiger partial charge in [-0.05, 0) is 36.2 Å². The third-order valence-corrected chi connectivity index (χ3v) is 3.44. The van der Waals surface area contributed by atoms with Crippen LogP contribution in [0, 0.1) is 6.92 Å². The van der Waals surface area contributed by atoms with Gasteiger partial charge in [0, 0.05) is 11.8 Å². The molecule has 0 fully saturated rings. The second-order valence-corrected chi connectivity index (χ2v) is 4.64. The molecule has 0 bridgehead atoms. The Labute approximate surface area is 124 Å². The van der Waals surface area contributed by atoms with Gasteiger partial charge >= 0.3 is 0 Å². The molecule has 2 aromatic rings. The maximum Gasteiger partial charge on any atom is 0.161 e. The Bertz CT molecular complexity index is 611. The van der Waals surface area contributed by atoms with Crippen LogP contribution in [-0.4, -0.2) is 19.2 Å². The quantitative estimate of drug-likeness (QED) is 0.570. The number of anilines is 1. The van der Waals surface area contributed by atoms with Crippen LogP contribution in [0.4, 0.5) is 5.82 Å². The number of ether oxygens (including phenoxy) is 2. The van der Waals surface area contributed by atoms with Crippen molar-refractivity contribution in [2.24, 2.45) is 5.84 Å². The summed E-state index contributed by atoms with van der Waals surface area (Å²) in [6, 6.07) is 7.24. The van der Waals surface area contributed by atoms with E-state index in [4.69, 9.17) is 21.1 Å². The molecule has 0 aliphatic rings. The van der Waals surface area contributed by atoms with Gasteiger partial charge in [0.25, 0.3) is 0 Å². The molecule has 0 saturated heterocycles. The molecule has 1 aromatic carbocycles. The summed E-state index contributed by atoms with van der Waals surface area (Å²) in [6.45, 7) is 1.97. The van der Waals surface area contributed by atoms with Gasteiger partial charge < -0.3 is 15.2 Å². The summed E-state index contributed by atoms with van der Waals surface area (Å²) in [6.07, 6.45) is 1.68. The number of hydrogen-bond donors (Lipinski definition) is 3. The number of methoxy groups -OCH3 is 2. The first-order valence-corrected chi connectivity index (χ1v) is 6.51. The van der Waals surface area contributed by atoms with E-state index in [9.17, 15) is 0 Å². The van der Waals surface area contributed by atoms with Gasteiger partial charge in [-0.1, -0.05) is 6.07 Å². The second-order valence-electron chi connectivity index (χ2n) is 4.64. The highest BCUT2D eigenvalue weighted by Crippen LogP contribution is 2.34. The summed E-state index contributed by atoms with van der Waals surface area (Å²) in [4.78, 5) is 4.14. The standard InChI is InChI=1S/C15H20N4O2/c1-9-6-7-18-15(16)13(9)14(19-17)10-4-5-11(20-2)12(8-10)21-3/h4-8,14,19H,17H2,1-3H3,(H2,16,18). The fourth-order valence-electron chi connectivity index (χ4n) is 2.34. The van der Waals surface area contributed by atoms with Crippen LogP contribution < -0.4 is 26.5 Å². The zero-order chi connectivity index (χ0) is 15.4. The lowest BCUT2D eigenvalue weighted by molar-refractivity contribution is 0.354. The molecule has 0 saturated carbocycles. The van der Waals surface area contributed by atoms with E-state index in [2.05, 4.69) is 10.4 Å². The van der Waals surface area contributed by atoms with E-state index >= 15 is 0 Å². The predicted octanol–water partition coefficient (Wildman–Crippen LogP) is 1.54. The summed E-state index contributed by atoms with van der Waals surface area (Å²) in [5.74, 6) is 7.48. The highest BCUT2D eigenvalue weighted by molar-refractivity contribution is 5.52. The Kier molecular flexibility index (Phi) is 4.62. The molecular formula is C15H20N4O2. The fourth-order valence-corrected chi connectivity index (χ4v) is 2.34. The van der Waals surface area contributed by atoms with Crippen molar-refractivity contribution in [3.05, 3.63) is 47.2 Å². The summed E-state index contributed by atoms with van der Waals surface area (Å²) in [5, 5.41) is 0. The first kappa shape index (κ1) is 15.1. The van der Waals surface area contributed by atoms with Crippen molar-refractivity contribution in [2.75, 3.05) is 20.0 Å². The highest BCUT2D eigenvalue weighted by atomic mass is 16.5. The molecule has 5 N–H and O–H groups in total. The van der Waals surface area contributed by atoms with Crippen molar-refractivity contribution in [3.63, 3.8) is 0 Å². The molecule has 0 amide bonds. The molecule has 1 aromatic heterocycles. The van der Waals surface area contributed by atoms with E-state index in [1.807, 2.05) is 31.2 Å². The number of hydrogen-bond acceptors (Lipinski definition) is 6. The Morgan fingerprint density at radius 3 is 2.43 bits per heavy atom. The van der Waals surface area contributed by atoms with Gasteiger partial charge in [-0.3, -0.25) is 5.84 Å². The van der Waals surface area contributed by atoms with Crippen molar-refractivity contribution in [3.8, 4) is 11.5 Å². The topological polar surface area (TPSA) is 95.4 Å². The average molecular weight is 288 g/mol. The van der Waals surface area contributed by atoms with Gasteiger partial charge in [-0.2, -0.15) is 0 Å². The van der Waals surface area contributed by atoms with E-state index < -0.39 is 0 Å². The van der Waals surface area contributed by atoms with Crippen molar-refractivity contribution in [1.82, 2.24) is 10.4 Å². The zero-order valence-corrected chi connectivity index (χ0v) is 12.4. The number of aryl methyl sites for hydroxylation is 1. The molecule has 0 aliphatic heterocycles. The monoisotopic (exact) mass is 288 g/mol. The van der Waals surface area contributed by atoms with Gasteiger partial charge in [0.05, 0.1) is 20.3 Å². The molecule has 0 aliphatic carbocycles. The van der Waals surface area contributed by atoms with Crippen LogP contribution >= 0.6 is 0 Å². The smallest absolute Gasteiger partial charge is 0.161 e. The van der Waals surface area contributed by atoms with Crippen molar-refractivity contribution in [2.45, 2.75) is 13.0 Å². The zero-order valence-electron chi connectivity index (χ0n) is 12.4. The van der Waals surface area contributed by atoms with Crippen LogP contribution in [0.2, 0.25) is 0 Å². The molecule has 1 atom stereocenters. The third-order valence-electron chi connectivity index (χ3n) is 3.44. The van der Waals surface area contributed by atoms with E-state index in [0.717, 1.165) is 16.7 Å².